The normalized spacial score (nSPS) is 16.5. The predicted molar refractivity (Wildman–Crippen MR) is 144 cm³/mol. The lowest BCUT2D eigenvalue weighted by Gasteiger charge is -2.41. The number of likely N-dealkylation sites (tertiary alicyclic amines) is 1. The summed E-state index contributed by atoms with van der Waals surface area (Å²) < 4.78 is 0. The van der Waals surface area contributed by atoms with Gasteiger partial charge in [-0.2, -0.15) is 0 Å². The van der Waals surface area contributed by atoms with E-state index in [4.69, 9.17) is 5.73 Å². The van der Waals surface area contributed by atoms with Crippen molar-refractivity contribution >= 4 is 11.6 Å². The molecule has 3 rings (SSSR count). The Hall–Kier alpha value is -2.33. The highest BCUT2D eigenvalue weighted by molar-refractivity contribution is 5.82. The number of benzene rings is 2. The predicted octanol–water partition coefficient (Wildman–Crippen LogP) is 5.69. The van der Waals surface area contributed by atoms with Crippen molar-refractivity contribution < 1.29 is 4.79 Å². The number of carbonyl (C=O) groups excluding carboxylic acids is 1. The van der Waals surface area contributed by atoms with Gasteiger partial charge in [0.15, 0.2) is 0 Å². The minimum absolute atomic E-state index is 0.129. The maximum absolute atomic E-state index is 12.8. The fourth-order valence-corrected chi connectivity index (χ4v) is 4.81. The van der Waals surface area contributed by atoms with Crippen molar-refractivity contribution in [2.75, 3.05) is 24.5 Å². The number of rotatable bonds is 11. The van der Waals surface area contributed by atoms with E-state index in [2.05, 4.69) is 87.2 Å². The highest BCUT2D eigenvalue weighted by Gasteiger charge is 2.30. The Bertz CT molecular complexity index is 856. The van der Waals surface area contributed by atoms with E-state index in [0.29, 0.717) is 12.0 Å². The molecule has 0 aliphatic carbocycles. The number of anilines is 1. The Morgan fingerprint density at radius 1 is 0.971 bits per heavy atom. The van der Waals surface area contributed by atoms with E-state index in [9.17, 15) is 4.79 Å². The number of aryl methyl sites for hydroxylation is 2. The standard InChI is InChI=1S/C30H45N3O/c1-5-24(4)29(31)30(34)32-20-18-28(19-21-32)33(22-17-23(2)3)27-15-13-26(14-16-27)12-11-25-9-7-6-8-10-25/h6-10,13-16,23-24,28-29H,5,11-12,17-22,31H2,1-4H3. The number of amides is 1. The molecular weight excluding hydrogens is 418 g/mol. The molecule has 4 heteroatoms. The van der Waals surface area contributed by atoms with Crippen LogP contribution in [0.5, 0.6) is 0 Å². The van der Waals surface area contributed by atoms with Crippen LogP contribution in [0.15, 0.2) is 54.6 Å². The van der Waals surface area contributed by atoms with Crippen LogP contribution in [0.4, 0.5) is 5.69 Å². The summed E-state index contributed by atoms with van der Waals surface area (Å²) >= 11 is 0. The van der Waals surface area contributed by atoms with Crippen LogP contribution in [-0.4, -0.2) is 42.5 Å². The second-order valence-corrected chi connectivity index (χ2v) is 10.5. The molecule has 1 saturated heterocycles. The topological polar surface area (TPSA) is 49.6 Å². The third-order valence-corrected chi connectivity index (χ3v) is 7.52. The summed E-state index contributed by atoms with van der Waals surface area (Å²) in [5.74, 6) is 1.03. The van der Waals surface area contributed by atoms with Gasteiger partial charge in [-0.05, 0) is 67.2 Å². The summed E-state index contributed by atoms with van der Waals surface area (Å²) in [6.07, 6.45) is 6.26. The summed E-state index contributed by atoms with van der Waals surface area (Å²) in [5, 5.41) is 0. The van der Waals surface area contributed by atoms with E-state index in [1.54, 1.807) is 0 Å². The number of carbonyl (C=O) groups is 1. The molecule has 186 valence electrons. The van der Waals surface area contributed by atoms with Crippen LogP contribution in [0.25, 0.3) is 0 Å². The quantitative estimate of drug-likeness (QED) is 0.466. The van der Waals surface area contributed by atoms with Gasteiger partial charge >= 0.3 is 0 Å². The Balaban J connectivity index is 1.62. The molecular formula is C30H45N3O. The first-order chi connectivity index (χ1) is 16.4. The molecule has 1 amide bonds. The van der Waals surface area contributed by atoms with Gasteiger partial charge in [0, 0.05) is 31.4 Å². The summed E-state index contributed by atoms with van der Waals surface area (Å²) in [6, 6.07) is 20.0. The van der Waals surface area contributed by atoms with Crippen molar-refractivity contribution in [3.05, 3.63) is 65.7 Å². The van der Waals surface area contributed by atoms with Gasteiger partial charge in [0.05, 0.1) is 6.04 Å². The van der Waals surface area contributed by atoms with E-state index in [1.807, 2.05) is 4.90 Å². The van der Waals surface area contributed by atoms with Crippen molar-refractivity contribution in [3.63, 3.8) is 0 Å². The van der Waals surface area contributed by atoms with Gasteiger partial charge < -0.3 is 15.5 Å². The maximum Gasteiger partial charge on any atom is 0.239 e. The van der Waals surface area contributed by atoms with E-state index >= 15 is 0 Å². The third kappa shape index (κ3) is 7.33. The van der Waals surface area contributed by atoms with Crippen molar-refractivity contribution in [1.29, 1.82) is 0 Å². The van der Waals surface area contributed by atoms with Gasteiger partial charge in [0.1, 0.15) is 0 Å². The van der Waals surface area contributed by atoms with Gasteiger partial charge in [0.25, 0.3) is 0 Å². The minimum Gasteiger partial charge on any atom is -0.368 e. The molecule has 1 aliphatic heterocycles. The molecule has 2 atom stereocenters. The average molecular weight is 464 g/mol. The second kappa shape index (κ2) is 12.9. The molecule has 2 unspecified atom stereocenters. The summed E-state index contributed by atoms with van der Waals surface area (Å²) in [5.41, 5.74) is 10.3. The fourth-order valence-electron chi connectivity index (χ4n) is 4.81. The van der Waals surface area contributed by atoms with Gasteiger partial charge in [0.2, 0.25) is 5.91 Å². The van der Waals surface area contributed by atoms with Gasteiger partial charge in [-0.1, -0.05) is 76.6 Å². The molecule has 1 fully saturated rings. The zero-order valence-electron chi connectivity index (χ0n) is 21.7. The second-order valence-electron chi connectivity index (χ2n) is 10.5. The first-order valence-electron chi connectivity index (χ1n) is 13.3. The van der Waals surface area contributed by atoms with E-state index < -0.39 is 0 Å². The number of hydrogen-bond acceptors (Lipinski definition) is 3. The van der Waals surface area contributed by atoms with Crippen molar-refractivity contribution in [2.24, 2.45) is 17.6 Å². The molecule has 0 saturated carbocycles. The Morgan fingerprint density at radius 3 is 2.12 bits per heavy atom. The molecule has 0 bridgehead atoms. The molecule has 0 radical (unpaired) electrons. The van der Waals surface area contributed by atoms with Gasteiger partial charge in [-0.25, -0.2) is 0 Å². The van der Waals surface area contributed by atoms with Crippen molar-refractivity contribution in [2.45, 2.75) is 78.3 Å². The van der Waals surface area contributed by atoms with Crippen LogP contribution in [0, 0.1) is 11.8 Å². The molecule has 4 nitrogen and oxygen atoms in total. The van der Waals surface area contributed by atoms with Crippen LogP contribution in [0.1, 0.15) is 64.5 Å². The first-order valence-corrected chi connectivity index (χ1v) is 13.3. The first kappa shape index (κ1) is 26.3. The number of nitrogens with zero attached hydrogens (tertiary/aromatic N) is 2. The van der Waals surface area contributed by atoms with Crippen molar-refractivity contribution in [1.82, 2.24) is 4.90 Å². The van der Waals surface area contributed by atoms with Crippen LogP contribution in [0.3, 0.4) is 0 Å². The summed E-state index contributed by atoms with van der Waals surface area (Å²) in [4.78, 5) is 17.4. The fraction of sp³-hybridized carbons (Fsp3) is 0.567. The number of nitrogens with two attached hydrogens (primary N) is 1. The highest BCUT2D eigenvalue weighted by Crippen LogP contribution is 2.26. The summed E-state index contributed by atoms with van der Waals surface area (Å²) in [7, 11) is 0. The van der Waals surface area contributed by atoms with Gasteiger partial charge in [-0.3, -0.25) is 4.79 Å². The van der Waals surface area contributed by atoms with Crippen LogP contribution >= 0.6 is 0 Å². The molecule has 2 aromatic carbocycles. The van der Waals surface area contributed by atoms with Crippen LogP contribution < -0.4 is 10.6 Å². The molecule has 1 heterocycles. The average Bonchev–Trinajstić information content (AvgIpc) is 2.87. The zero-order chi connectivity index (χ0) is 24.5. The lowest BCUT2D eigenvalue weighted by molar-refractivity contribution is -0.134. The lowest BCUT2D eigenvalue weighted by atomic mass is 9.96. The Morgan fingerprint density at radius 2 is 1.56 bits per heavy atom. The Kier molecular flexibility index (Phi) is 10.0. The molecule has 0 aromatic heterocycles. The maximum atomic E-state index is 12.8. The van der Waals surface area contributed by atoms with E-state index in [-0.39, 0.29) is 17.9 Å². The molecule has 1 aliphatic rings. The van der Waals surface area contributed by atoms with Crippen molar-refractivity contribution in [3.8, 4) is 0 Å². The van der Waals surface area contributed by atoms with Crippen LogP contribution in [-0.2, 0) is 17.6 Å². The van der Waals surface area contributed by atoms with Gasteiger partial charge in [-0.15, -0.1) is 0 Å². The minimum atomic E-state index is -0.373. The third-order valence-electron chi connectivity index (χ3n) is 7.52. The molecule has 34 heavy (non-hydrogen) atoms. The SMILES string of the molecule is CCC(C)C(N)C(=O)N1CCC(N(CCC(C)C)c2ccc(CCc3ccccc3)cc2)CC1. The Labute approximate surface area is 207 Å². The van der Waals surface area contributed by atoms with E-state index in [0.717, 1.165) is 51.7 Å². The monoisotopic (exact) mass is 463 g/mol. The smallest absolute Gasteiger partial charge is 0.239 e. The zero-order valence-corrected chi connectivity index (χ0v) is 21.7. The highest BCUT2D eigenvalue weighted by atomic mass is 16.2. The molecule has 0 spiro atoms. The summed E-state index contributed by atoms with van der Waals surface area (Å²) in [6.45, 7) is 11.4. The number of piperidine rings is 1. The van der Waals surface area contributed by atoms with Crippen LogP contribution in [0.2, 0.25) is 0 Å². The number of hydrogen-bond donors (Lipinski definition) is 1. The van der Waals surface area contributed by atoms with E-state index in [1.165, 1.54) is 23.2 Å². The lowest BCUT2D eigenvalue weighted by Crippen LogP contribution is -2.52. The molecule has 2 aromatic rings. The largest absolute Gasteiger partial charge is 0.368 e. The molecule has 2 N–H and O–H groups in total.